The normalized spacial score (nSPS) is 30.0. The number of nitrogens with two attached hydrogens (primary N) is 1. The molecule has 5 atom stereocenters. The minimum atomic E-state index is -0.928. The molecule has 0 unspecified atom stereocenters. The van der Waals surface area contributed by atoms with Crippen LogP contribution in [0.3, 0.4) is 0 Å². The first-order chi connectivity index (χ1) is 14.1. The van der Waals surface area contributed by atoms with Crippen LogP contribution in [0.15, 0.2) is 12.2 Å². The van der Waals surface area contributed by atoms with Gasteiger partial charge in [0.15, 0.2) is 0 Å². The minimum absolute atomic E-state index is 0.0759. The van der Waals surface area contributed by atoms with Crippen LogP contribution >= 0.6 is 11.3 Å². The average Bonchev–Trinajstić information content (AvgIpc) is 3.04. The summed E-state index contributed by atoms with van der Waals surface area (Å²) in [5.41, 5.74) is 7.25. The van der Waals surface area contributed by atoms with Gasteiger partial charge in [-0.15, -0.1) is 11.3 Å². The summed E-state index contributed by atoms with van der Waals surface area (Å²) in [6, 6.07) is 0. The molecule has 2 bridgehead atoms. The van der Waals surface area contributed by atoms with Crippen LogP contribution in [0.1, 0.15) is 60.8 Å². The Morgan fingerprint density at radius 1 is 1.10 bits per heavy atom. The number of nitrogens with one attached hydrogen (secondary N) is 1. The number of fused-ring (bicyclic) bond motifs is 3. The van der Waals surface area contributed by atoms with E-state index in [-0.39, 0.29) is 23.2 Å². The molecule has 4 aliphatic carbocycles. The standard InChI is InChI=1S/C23H30N2O4S/c1-23(2,3)13-8-9-14-15(10-13)30-21(18(14)19(24)26)25-20(27)16-11-4-6-12(7-5-11)17(16)22(28)29/h4,6,11-13,16-17H,5,7-10H2,1-3H3,(H2,24,26)(H,25,27)(H,28,29)/t11-,12-,13+,16+,17+/m0/s1. The highest BCUT2D eigenvalue weighted by Crippen LogP contribution is 2.47. The van der Waals surface area contributed by atoms with Crippen LogP contribution in [0.2, 0.25) is 0 Å². The van der Waals surface area contributed by atoms with Crippen molar-refractivity contribution in [3.63, 3.8) is 0 Å². The molecule has 6 nitrogen and oxygen atoms in total. The third-order valence-corrected chi connectivity index (χ3v) is 8.48. The van der Waals surface area contributed by atoms with Gasteiger partial charge in [0.1, 0.15) is 5.00 Å². The lowest BCUT2D eigenvalue weighted by atomic mass is 9.62. The molecule has 1 aromatic heterocycles. The number of carbonyl (C=O) groups is 3. The highest BCUT2D eigenvalue weighted by molar-refractivity contribution is 7.17. The predicted octanol–water partition coefficient (Wildman–Crippen LogP) is 3.85. The number of primary amides is 1. The maximum Gasteiger partial charge on any atom is 0.307 e. The lowest BCUT2D eigenvalue weighted by Gasteiger charge is -2.41. The van der Waals surface area contributed by atoms with Crippen LogP contribution in [-0.4, -0.2) is 22.9 Å². The molecule has 4 aliphatic rings. The van der Waals surface area contributed by atoms with Gasteiger partial charge in [0.25, 0.3) is 5.91 Å². The van der Waals surface area contributed by atoms with Crippen molar-refractivity contribution in [2.75, 3.05) is 5.32 Å². The topological polar surface area (TPSA) is 109 Å². The van der Waals surface area contributed by atoms with Crippen LogP contribution in [0.25, 0.3) is 0 Å². The number of amides is 2. The van der Waals surface area contributed by atoms with E-state index in [1.807, 2.05) is 12.2 Å². The number of carboxylic acids is 1. The zero-order valence-electron chi connectivity index (χ0n) is 17.7. The molecule has 5 rings (SSSR count). The number of allylic oxidation sites excluding steroid dienone is 2. The van der Waals surface area contributed by atoms with Crippen molar-refractivity contribution >= 4 is 34.1 Å². The molecular weight excluding hydrogens is 400 g/mol. The molecule has 0 radical (unpaired) electrons. The summed E-state index contributed by atoms with van der Waals surface area (Å²) >= 11 is 1.43. The van der Waals surface area contributed by atoms with Crippen molar-refractivity contribution in [3.8, 4) is 0 Å². The van der Waals surface area contributed by atoms with Gasteiger partial charge in [0, 0.05) is 4.88 Å². The zero-order valence-corrected chi connectivity index (χ0v) is 18.6. The Labute approximate surface area is 180 Å². The molecular formula is C23H30N2O4S. The van der Waals surface area contributed by atoms with E-state index in [0.717, 1.165) is 42.5 Å². The number of thiophene rings is 1. The highest BCUT2D eigenvalue weighted by atomic mass is 32.1. The Bertz CT molecular complexity index is 926. The fourth-order valence-corrected chi connectivity index (χ4v) is 6.89. The number of hydrogen-bond acceptors (Lipinski definition) is 4. The molecule has 2 amide bonds. The Kier molecular flexibility index (Phi) is 5.29. The van der Waals surface area contributed by atoms with E-state index < -0.39 is 23.7 Å². The summed E-state index contributed by atoms with van der Waals surface area (Å²) in [6.07, 6.45) is 8.18. The largest absolute Gasteiger partial charge is 0.481 e. The Morgan fingerprint density at radius 2 is 1.73 bits per heavy atom. The fraction of sp³-hybridized carbons (Fsp3) is 0.609. The smallest absolute Gasteiger partial charge is 0.307 e. The first kappa shape index (κ1) is 21.1. The molecule has 1 saturated carbocycles. The van der Waals surface area contributed by atoms with Gasteiger partial charge >= 0.3 is 5.97 Å². The molecule has 7 heteroatoms. The van der Waals surface area contributed by atoms with E-state index in [2.05, 4.69) is 26.1 Å². The van der Waals surface area contributed by atoms with Crippen LogP contribution in [0, 0.1) is 35.0 Å². The van der Waals surface area contributed by atoms with Crippen molar-refractivity contribution < 1.29 is 19.5 Å². The lowest BCUT2D eigenvalue weighted by Crippen LogP contribution is -2.47. The van der Waals surface area contributed by atoms with Crippen molar-refractivity contribution in [2.24, 2.45) is 40.7 Å². The molecule has 30 heavy (non-hydrogen) atoms. The van der Waals surface area contributed by atoms with Crippen molar-refractivity contribution in [2.45, 2.75) is 52.9 Å². The van der Waals surface area contributed by atoms with Crippen molar-refractivity contribution in [1.82, 2.24) is 0 Å². The first-order valence-corrected chi connectivity index (χ1v) is 11.6. The third kappa shape index (κ3) is 3.57. The molecule has 1 aromatic rings. The summed E-state index contributed by atoms with van der Waals surface area (Å²) in [4.78, 5) is 38.5. The van der Waals surface area contributed by atoms with Crippen molar-refractivity contribution in [1.29, 1.82) is 0 Å². The number of aliphatic carboxylic acids is 1. The van der Waals surface area contributed by atoms with E-state index in [9.17, 15) is 19.5 Å². The van der Waals surface area contributed by atoms with Gasteiger partial charge in [-0.25, -0.2) is 0 Å². The number of carbonyl (C=O) groups excluding carboxylic acids is 2. The minimum Gasteiger partial charge on any atom is -0.481 e. The summed E-state index contributed by atoms with van der Waals surface area (Å²) in [6.45, 7) is 6.68. The monoisotopic (exact) mass is 430 g/mol. The number of anilines is 1. The number of hydrogen-bond donors (Lipinski definition) is 3. The highest BCUT2D eigenvalue weighted by Gasteiger charge is 2.48. The molecule has 4 N–H and O–H groups in total. The summed E-state index contributed by atoms with van der Waals surface area (Å²) in [5.74, 6) is -2.78. The van der Waals surface area contributed by atoms with E-state index in [4.69, 9.17) is 5.73 Å². The summed E-state index contributed by atoms with van der Waals surface area (Å²) in [5, 5.41) is 13.2. The Balaban J connectivity index is 1.63. The van der Waals surface area contributed by atoms with Crippen LogP contribution in [0.5, 0.6) is 0 Å². The summed E-state index contributed by atoms with van der Waals surface area (Å²) < 4.78 is 0. The van der Waals surface area contributed by atoms with Gasteiger partial charge in [0.05, 0.1) is 17.4 Å². The van der Waals surface area contributed by atoms with Gasteiger partial charge in [-0.05, 0) is 60.8 Å². The van der Waals surface area contributed by atoms with Gasteiger partial charge in [0.2, 0.25) is 5.91 Å². The van der Waals surface area contributed by atoms with Crippen LogP contribution in [-0.2, 0) is 22.4 Å². The average molecular weight is 431 g/mol. The van der Waals surface area contributed by atoms with Gasteiger partial charge < -0.3 is 16.2 Å². The van der Waals surface area contributed by atoms with Crippen LogP contribution in [0.4, 0.5) is 5.00 Å². The van der Waals surface area contributed by atoms with Crippen molar-refractivity contribution in [3.05, 3.63) is 28.2 Å². The second-order valence-corrected chi connectivity index (χ2v) is 11.2. The summed E-state index contributed by atoms with van der Waals surface area (Å²) in [7, 11) is 0. The van der Waals surface area contributed by atoms with Gasteiger partial charge in [-0.2, -0.15) is 0 Å². The Hall–Kier alpha value is -2.15. The van der Waals surface area contributed by atoms with Gasteiger partial charge in [-0.1, -0.05) is 32.9 Å². The molecule has 0 aromatic carbocycles. The first-order valence-electron chi connectivity index (χ1n) is 10.7. The molecule has 0 spiro atoms. The predicted molar refractivity (Wildman–Crippen MR) is 116 cm³/mol. The molecule has 0 saturated heterocycles. The van der Waals surface area contributed by atoms with Crippen LogP contribution < -0.4 is 11.1 Å². The maximum atomic E-state index is 13.2. The quantitative estimate of drug-likeness (QED) is 0.630. The van der Waals surface area contributed by atoms with E-state index >= 15 is 0 Å². The molecule has 162 valence electrons. The zero-order chi connectivity index (χ0) is 21.8. The molecule has 1 heterocycles. The third-order valence-electron chi connectivity index (χ3n) is 7.31. The van der Waals surface area contributed by atoms with E-state index in [1.54, 1.807) is 0 Å². The number of rotatable bonds is 4. The van der Waals surface area contributed by atoms with Gasteiger partial charge in [-0.3, -0.25) is 14.4 Å². The maximum absolute atomic E-state index is 13.2. The van der Waals surface area contributed by atoms with E-state index in [1.165, 1.54) is 11.3 Å². The lowest BCUT2D eigenvalue weighted by molar-refractivity contribution is -0.151. The fourth-order valence-electron chi connectivity index (χ4n) is 5.56. The SMILES string of the molecule is CC(C)(C)[C@@H]1CCc2c(sc(NC(=O)[C@H]3[C@H](C(=O)O)[C@H]4C=C[C@H]3CC4)c2C(N)=O)C1. The second-order valence-electron chi connectivity index (χ2n) is 10.0. The second kappa shape index (κ2) is 7.52. The Morgan fingerprint density at radius 3 is 2.27 bits per heavy atom. The van der Waals surface area contributed by atoms with E-state index in [0.29, 0.717) is 16.5 Å². The molecule has 1 fully saturated rings. The number of carboxylic acid groups (broad SMARTS) is 1. The molecule has 0 aliphatic heterocycles.